The maximum absolute atomic E-state index is 12.2. The number of nitrogens with one attached hydrogen (secondary N) is 2. The molecule has 1 atom stereocenters. The van der Waals surface area contributed by atoms with Gasteiger partial charge in [-0.1, -0.05) is 13.8 Å². The summed E-state index contributed by atoms with van der Waals surface area (Å²) < 4.78 is 0. The maximum atomic E-state index is 12.2. The topological polar surface area (TPSA) is 84.2 Å². The first-order chi connectivity index (χ1) is 9.51. The highest BCUT2D eigenvalue weighted by Gasteiger charge is 2.19. The quantitative estimate of drug-likeness (QED) is 0.774. The lowest BCUT2D eigenvalue weighted by atomic mass is 9.99. The van der Waals surface area contributed by atoms with Crippen LogP contribution in [0.2, 0.25) is 0 Å². The second-order valence-electron chi connectivity index (χ2n) is 5.48. The molecule has 20 heavy (non-hydrogen) atoms. The summed E-state index contributed by atoms with van der Waals surface area (Å²) in [5.41, 5.74) is 8.08. The second kappa shape index (κ2) is 6.05. The number of benzene rings is 1. The fourth-order valence-corrected chi connectivity index (χ4v) is 2.27. The van der Waals surface area contributed by atoms with Crippen LogP contribution in [0.1, 0.15) is 36.2 Å². The summed E-state index contributed by atoms with van der Waals surface area (Å²) in [6.07, 6.45) is 1.14. The van der Waals surface area contributed by atoms with Crippen LogP contribution in [0.4, 0.5) is 5.69 Å². The van der Waals surface area contributed by atoms with E-state index in [1.54, 1.807) is 12.1 Å². The molecule has 1 heterocycles. The fraction of sp³-hybridized carbons (Fsp3) is 0.467. The Bertz CT molecular complexity index is 526. The van der Waals surface area contributed by atoms with E-state index < -0.39 is 0 Å². The zero-order chi connectivity index (χ0) is 14.7. The van der Waals surface area contributed by atoms with Gasteiger partial charge in [-0.25, -0.2) is 0 Å². The van der Waals surface area contributed by atoms with Crippen molar-refractivity contribution in [1.82, 2.24) is 5.32 Å². The van der Waals surface area contributed by atoms with E-state index in [9.17, 15) is 9.59 Å². The smallest absolute Gasteiger partial charge is 0.251 e. The molecule has 0 radical (unpaired) electrons. The maximum Gasteiger partial charge on any atom is 0.251 e. The summed E-state index contributed by atoms with van der Waals surface area (Å²) >= 11 is 0. The monoisotopic (exact) mass is 275 g/mol. The molecule has 4 N–H and O–H groups in total. The molecule has 1 aromatic carbocycles. The van der Waals surface area contributed by atoms with Gasteiger partial charge in [-0.2, -0.15) is 0 Å². The van der Waals surface area contributed by atoms with Crippen LogP contribution in [-0.4, -0.2) is 24.4 Å². The van der Waals surface area contributed by atoms with E-state index in [-0.39, 0.29) is 17.9 Å². The van der Waals surface area contributed by atoms with Crippen LogP contribution in [0.25, 0.3) is 0 Å². The molecule has 1 aromatic rings. The number of aryl methyl sites for hydroxylation is 1. The lowest BCUT2D eigenvalue weighted by molar-refractivity contribution is -0.116. The van der Waals surface area contributed by atoms with Crippen molar-refractivity contribution in [2.75, 3.05) is 11.9 Å². The van der Waals surface area contributed by atoms with Gasteiger partial charge in [0, 0.05) is 30.3 Å². The number of rotatable bonds is 4. The third-order valence-corrected chi connectivity index (χ3v) is 3.64. The largest absolute Gasteiger partial charge is 0.348 e. The van der Waals surface area contributed by atoms with Gasteiger partial charge in [0.1, 0.15) is 0 Å². The Hall–Kier alpha value is -1.88. The van der Waals surface area contributed by atoms with Gasteiger partial charge in [0.15, 0.2) is 0 Å². The lowest BCUT2D eigenvalue weighted by Crippen LogP contribution is -2.43. The van der Waals surface area contributed by atoms with Gasteiger partial charge in [0.2, 0.25) is 5.91 Å². The van der Waals surface area contributed by atoms with Crippen molar-refractivity contribution in [2.24, 2.45) is 11.7 Å². The molecular formula is C15H21N3O2. The third kappa shape index (κ3) is 3.17. The first-order valence-electron chi connectivity index (χ1n) is 6.95. The van der Waals surface area contributed by atoms with E-state index in [1.807, 2.05) is 19.9 Å². The lowest BCUT2D eigenvalue weighted by Gasteiger charge is -2.21. The Balaban J connectivity index is 2.13. The van der Waals surface area contributed by atoms with Crippen molar-refractivity contribution in [3.8, 4) is 0 Å². The van der Waals surface area contributed by atoms with Gasteiger partial charge >= 0.3 is 0 Å². The minimum Gasteiger partial charge on any atom is -0.348 e. The molecular weight excluding hydrogens is 254 g/mol. The van der Waals surface area contributed by atoms with Gasteiger partial charge < -0.3 is 16.4 Å². The molecule has 0 saturated carbocycles. The zero-order valence-corrected chi connectivity index (χ0v) is 11.9. The molecule has 108 valence electrons. The molecule has 0 spiro atoms. The molecule has 0 aromatic heterocycles. The number of fused-ring (bicyclic) bond motifs is 1. The van der Waals surface area contributed by atoms with E-state index in [1.165, 1.54) is 0 Å². The van der Waals surface area contributed by atoms with E-state index in [0.29, 0.717) is 30.9 Å². The van der Waals surface area contributed by atoms with Crippen LogP contribution in [-0.2, 0) is 11.2 Å². The number of nitrogens with two attached hydrogens (primary N) is 1. The van der Waals surface area contributed by atoms with Gasteiger partial charge in [0.25, 0.3) is 5.91 Å². The van der Waals surface area contributed by atoms with Crippen LogP contribution in [0.5, 0.6) is 0 Å². The first kappa shape index (κ1) is 14.5. The van der Waals surface area contributed by atoms with Gasteiger partial charge in [-0.3, -0.25) is 9.59 Å². The van der Waals surface area contributed by atoms with Crippen molar-refractivity contribution in [3.05, 3.63) is 29.3 Å². The van der Waals surface area contributed by atoms with Crippen LogP contribution in [0, 0.1) is 5.92 Å². The molecule has 0 bridgehead atoms. The second-order valence-corrected chi connectivity index (χ2v) is 5.48. The number of hydrogen-bond donors (Lipinski definition) is 3. The van der Waals surface area contributed by atoms with Crippen LogP contribution >= 0.6 is 0 Å². The van der Waals surface area contributed by atoms with Crippen molar-refractivity contribution >= 4 is 17.5 Å². The van der Waals surface area contributed by atoms with Crippen LogP contribution < -0.4 is 16.4 Å². The number of amides is 2. The van der Waals surface area contributed by atoms with Crippen molar-refractivity contribution in [1.29, 1.82) is 0 Å². The number of anilines is 1. The summed E-state index contributed by atoms with van der Waals surface area (Å²) in [6, 6.07) is 5.33. The molecule has 2 rings (SSSR count). The molecule has 1 aliphatic rings. The van der Waals surface area contributed by atoms with Crippen LogP contribution in [0.3, 0.4) is 0 Å². The number of carbonyl (C=O) groups excluding carboxylic acids is 2. The van der Waals surface area contributed by atoms with Crippen LogP contribution in [0.15, 0.2) is 18.2 Å². The highest BCUT2D eigenvalue weighted by molar-refractivity contribution is 5.98. The molecule has 0 saturated heterocycles. The van der Waals surface area contributed by atoms with E-state index in [4.69, 9.17) is 5.73 Å². The van der Waals surface area contributed by atoms with Crippen molar-refractivity contribution in [3.63, 3.8) is 0 Å². The molecule has 1 aliphatic heterocycles. The SMILES string of the molecule is CC(C)C(CN)NC(=O)c1ccc2c(c1)CCC(=O)N2. The number of hydrogen-bond acceptors (Lipinski definition) is 3. The minimum absolute atomic E-state index is 0.0257. The summed E-state index contributed by atoms with van der Waals surface area (Å²) in [6.45, 7) is 4.48. The Labute approximate surface area is 118 Å². The van der Waals surface area contributed by atoms with E-state index in [0.717, 1.165) is 11.3 Å². The molecule has 0 aliphatic carbocycles. The number of carbonyl (C=O) groups is 2. The standard InChI is InChI=1S/C15H21N3O2/c1-9(2)13(8-16)18-15(20)11-3-5-12-10(7-11)4-6-14(19)17-12/h3,5,7,9,13H,4,6,8,16H2,1-2H3,(H,17,19)(H,18,20). The minimum atomic E-state index is -0.117. The summed E-state index contributed by atoms with van der Waals surface area (Å²) in [5.74, 6) is 0.201. The molecule has 5 heteroatoms. The summed E-state index contributed by atoms with van der Waals surface area (Å²) in [4.78, 5) is 23.5. The van der Waals surface area contributed by atoms with Crippen molar-refractivity contribution in [2.45, 2.75) is 32.7 Å². The van der Waals surface area contributed by atoms with Gasteiger partial charge in [-0.15, -0.1) is 0 Å². The Morgan fingerprint density at radius 2 is 2.15 bits per heavy atom. The summed E-state index contributed by atoms with van der Waals surface area (Å²) in [7, 11) is 0. The normalized spacial score (nSPS) is 15.5. The predicted molar refractivity (Wildman–Crippen MR) is 78.5 cm³/mol. The zero-order valence-electron chi connectivity index (χ0n) is 11.9. The molecule has 0 fully saturated rings. The van der Waals surface area contributed by atoms with E-state index >= 15 is 0 Å². The molecule has 2 amide bonds. The Morgan fingerprint density at radius 3 is 2.80 bits per heavy atom. The van der Waals surface area contributed by atoms with Crippen molar-refractivity contribution < 1.29 is 9.59 Å². The highest BCUT2D eigenvalue weighted by atomic mass is 16.2. The molecule has 1 unspecified atom stereocenters. The molecule has 5 nitrogen and oxygen atoms in total. The Morgan fingerprint density at radius 1 is 1.40 bits per heavy atom. The average molecular weight is 275 g/mol. The fourth-order valence-electron chi connectivity index (χ4n) is 2.27. The summed E-state index contributed by atoms with van der Waals surface area (Å²) in [5, 5.41) is 5.75. The highest BCUT2D eigenvalue weighted by Crippen LogP contribution is 2.23. The van der Waals surface area contributed by atoms with Gasteiger partial charge in [0.05, 0.1) is 0 Å². The predicted octanol–water partition coefficient (Wildman–Crippen LogP) is 1.28. The Kier molecular flexibility index (Phi) is 4.39. The van der Waals surface area contributed by atoms with Gasteiger partial charge in [-0.05, 0) is 36.1 Å². The third-order valence-electron chi connectivity index (χ3n) is 3.64. The average Bonchev–Trinajstić information content (AvgIpc) is 2.43. The van der Waals surface area contributed by atoms with E-state index in [2.05, 4.69) is 10.6 Å². The first-order valence-corrected chi connectivity index (χ1v) is 6.95.